The molecule has 0 saturated heterocycles. The van der Waals surface area contributed by atoms with Gasteiger partial charge in [0.15, 0.2) is 0 Å². The Labute approximate surface area is 245 Å². The Balaban J connectivity index is 1.39. The van der Waals surface area contributed by atoms with Crippen molar-refractivity contribution in [3.63, 3.8) is 0 Å². The number of hydrogen-bond donors (Lipinski definition) is 0. The first-order valence-corrected chi connectivity index (χ1v) is 14.5. The van der Waals surface area contributed by atoms with E-state index in [0.29, 0.717) is 0 Å². The molecule has 0 N–H and O–H groups in total. The van der Waals surface area contributed by atoms with E-state index in [1.54, 1.807) is 0 Å². The highest BCUT2D eigenvalue weighted by Crippen LogP contribution is 2.59. The minimum absolute atomic E-state index is 0.418. The average molecular weight is 535 g/mol. The number of hydrogen-bond acceptors (Lipinski definition) is 1. The molecule has 196 valence electrons. The molecule has 1 heteroatoms. The Morgan fingerprint density at radius 2 is 0.952 bits per heavy atom. The summed E-state index contributed by atoms with van der Waals surface area (Å²) in [6, 6.07) is 57.2. The summed E-state index contributed by atoms with van der Waals surface area (Å²) in [7, 11) is 0. The van der Waals surface area contributed by atoms with Crippen LogP contribution in [0.4, 0.5) is 0 Å². The van der Waals surface area contributed by atoms with Crippen molar-refractivity contribution in [1.29, 1.82) is 0 Å². The van der Waals surface area contributed by atoms with Gasteiger partial charge in [-0.2, -0.15) is 0 Å². The maximum atomic E-state index is 6.44. The van der Waals surface area contributed by atoms with Crippen LogP contribution in [0, 0.1) is 0 Å². The summed E-state index contributed by atoms with van der Waals surface area (Å²) in [5.74, 6) is 1.83. The number of fused-ring (bicyclic) bond motifs is 5. The number of para-hydroxylation sites is 1. The molecule has 0 unspecified atom stereocenters. The van der Waals surface area contributed by atoms with Crippen LogP contribution in [0.25, 0.3) is 44.2 Å². The van der Waals surface area contributed by atoms with Gasteiger partial charge < -0.3 is 4.74 Å². The summed E-state index contributed by atoms with van der Waals surface area (Å²) in [6.45, 7) is 0. The van der Waals surface area contributed by atoms with Gasteiger partial charge in [-0.3, -0.25) is 0 Å². The van der Waals surface area contributed by atoms with Crippen LogP contribution in [0.5, 0.6) is 11.5 Å². The fourth-order valence-corrected chi connectivity index (χ4v) is 7.53. The minimum Gasteiger partial charge on any atom is -0.456 e. The SMILES string of the molecule is c1ccc(C2(c3ccccc3)c3ccccc3-c3c(-c4ccc5c6c(cccc46)-c4ccccc4O5)cccc32)cc1. The average Bonchev–Trinajstić information content (AvgIpc) is 3.37. The van der Waals surface area contributed by atoms with E-state index in [2.05, 4.69) is 152 Å². The molecule has 0 radical (unpaired) electrons. The molecule has 0 saturated carbocycles. The molecule has 42 heavy (non-hydrogen) atoms. The van der Waals surface area contributed by atoms with Crippen LogP contribution < -0.4 is 4.74 Å². The summed E-state index contributed by atoms with van der Waals surface area (Å²) in [5, 5.41) is 2.39. The normalized spacial score (nSPS) is 13.6. The Bertz CT molecular complexity index is 2120. The second-order valence-corrected chi connectivity index (χ2v) is 11.2. The van der Waals surface area contributed by atoms with Crippen LogP contribution >= 0.6 is 0 Å². The predicted molar refractivity (Wildman–Crippen MR) is 172 cm³/mol. The van der Waals surface area contributed by atoms with Gasteiger partial charge in [-0.15, -0.1) is 0 Å². The monoisotopic (exact) mass is 534 g/mol. The fraction of sp³-hybridized carbons (Fsp3) is 0.0244. The third kappa shape index (κ3) is 3.03. The molecule has 0 amide bonds. The molecule has 7 aromatic carbocycles. The first kappa shape index (κ1) is 23.3. The van der Waals surface area contributed by atoms with Gasteiger partial charge in [-0.25, -0.2) is 0 Å². The molecule has 7 aromatic rings. The second-order valence-electron chi connectivity index (χ2n) is 11.2. The van der Waals surface area contributed by atoms with Crippen molar-refractivity contribution in [2.45, 2.75) is 5.41 Å². The van der Waals surface area contributed by atoms with Crippen molar-refractivity contribution < 1.29 is 4.74 Å². The predicted octanol–water partition coefficient (Wildman–Crippen LogP) is 10.6. The minimum atomic E-state index is -0.418. The van der Waals surface area contributed by atoms with E-state index < -0.39 is 5.41 Å². The Morgan fingerprint density at radius 3 is 1.74 bits per heavy atom. The Morgan fingerprint density at radius 1 is 0.357 bits per heavy atom. The summed E-state index contributed by atoms with van der Waals surface area (Å²) < 4.78 is 6.44. The second kappa shape index (κ2) is 8.80. The lowest BCUT2D eigenvalue weighted by Crippen LogP contribution is -2.28. The van der Waals surface area contributed by atoms with Gasteiger partial charge in [-0.05, 0) is 67.6 Å². The number of ether oxygens (including phenoxy) is 1. The summed E-state index contributed by atoms with van der Waals surface area (Å²) in [4.78, 5) is 0. The van der Waals surface area contributed by atoms with Crippen LogP contribution in [0.1, 0.15) is 22.3 Å². The van der Waals surface area contributed by atoms with E-state index >= 15 is 0 Å². The molecule has 1 nitrogen and oxygen atoms in total. The van der Waals surface area contributed by atoms with Crippen LogP contribution in [0.15, 0.2) is 158 Å². The van der Waals surface area contributed by atoms with E-state index in [1.165, 1.54) is 60.8 Å². The van der Waals surface area contributed by atoms with Gasteiger partial charge in [0, 0.05) is 10.9 Å². The van der Waals surface area contributed by atoms with Crippen molar-refractivity contribution in [3.05, 3.63) is 180 Å². The maximum Gasteiger partial charge on any atom is 0.135 e. The molecular weight excluding hydrogens is 508 g/mol. The van der Waals surface area contributed by atoms with Gasteiger partial charge in [-0.1, -0.05) is 146 Å². The topological polar surface area (TPSA) is 9.23 Å². The number of benzene rings is 7. The van der Waals surface area contributed by atoms with Crippen molar-refractivity contribution in [3.8, 4) is 44.9 Å². The zero-order chi connectivity index (χ0) is 27.7. The van der Waals surface area contributed by atoms with Gasteiger partial charge >= 0.3 is 0 Å². The highest BCUT2D eigenvalue weighted by molar-refractivity contribution is 6.12. The van der Waals surface area contributed by atoms with Crippen molar-refractivity contribution in [2.24, 2.45) is 0 Å². The fourth-order valence-electron chi connectivity index (χ4n) is 7.53. The molecule has 2 aliphatic rings. The molecule has 0 bridgehead atoms. The molecule has 1 heterocycles. The molecule has 0 aromatic heterocycles. The van der Waals surface area contributed by atoms with Crippen LogP contribution in [0.3, 0.4) is 0 Å². The summed E-state index contributed by atoms with van der Waals surface area (Å²) in [5.41, 5.74) is 12.2. The third-order valence-electron chi connectivity index (χ3n) is 9.17. The Hall–Kier alpha value is -5.40. The van der Waals surface area contributed by atoms with E-state index in [-0.39, 0.29) is 0 Å². The van der Waals surface area contributed by atoms with Crippen molar-refractivity contribution >= 4 is 10.8 Å². The van der Waals surface area contributed by atoms with Gasteiger partial charge in [0.2, 0.25) is 0 Å². The quantitative estimate of drug-likeness (QED) is 0.219. The highest BCUT2D eigenvalue weighted by Gasteiger charge is 2.46. The van der Waals surface area contributed by atoms with Crippen LogP contribution in [-0.2, 0) is 5.41 Å². The molecule has 1 aliphatic carbocycles. The molecule has 9 rings (SSSR count). The zero-order valence-electron chi connectivity index (χ0n) is 22.9. The maximum absolute atomic E-state index is 6.44. The number of rotatable bonds is 3. The smallest absolute Gasteiger partial charge is 0.135 e. The lowest BCUT2D eigenvalue weighted by Gasteiger charge is -2.34. The Kier molecular flexibility index (Phi) is 4.88. The van der Waals surface area contributed by atoms with Gasteiger partial charge in [0.1, 0.15) is 11.5 Å². The third-order valence-corrected chi connectivity index (χ3v) is 9.17. The molecule has 0 fully saturated rings. The molecule has 0 spiro atoms. The lowest BCUT2D eigenvalue weighted by molar-refractivity contribution is 0.487. The van der Waals surface area contributed by atoms with Crippen molar-refractivity contribution in [2.75, 3.05) is 0 Å². The van der Waals surface area contributed by atoms with Crippen LogP contribution in [0.2, 0.25) is 0 Å². The largest absolute Gasteiger partial charge is 0.456 e. The van der Waals surface area contributed by atoms with Crippen LogP contribution in [-0.4, -0.2) is 0 Å². The van der Waals surface area contributed by atoms with E-state index in [9.17, 15) is 0 Å². The standard InChI is InChI=1S/C41H26O/c1-3-13-27(14-4-1)41(28-15-5-2-6-16-28)35-22-9-7-18-34(35)39-31(21-12-23-36(39)41)29-25-26-38-40-32(29)19-11-20-33(40)30-17-8-10-24-37(30)42-38/h1-26H. The van der Waals surface area contributed by atoms with E-state index in [4.69, 9.17) is 4.74 Å². The highest BCUT2D eigenvalue weighted by atomic mass is 16.5. The van der Waals surface area contributed by atoms with Gasteiger partial charge in [0.05, 0.1) is 5.41 Å². The first-order valence-electron chi connectivity index (χ1n) is 14.5. The van der Waals surface area contributed by atoms with E-state index in [1.807, 2.05) is 6.07 Å². The summed E-state index contributed by atoms with van der Waals surface area (Å²) >= 11 is 0. The summed E-state index contributed by atoms with van der Waals surface area (Å²) in [6.07, 6.45) is 0. The van der Waals surface area contributed by atoms with E-state index in [0.717, 1.165) is 17.1 Å². The molecule has 0 atom stereocenters. The first-order chi connectivity index (χ1) is 20.9. The van der Waals surface area contributed by atoms with Crippen molar-refractivity contribution in [1.82, 2.24) is 0 Å². The van der Waals surface area contributed by atoms with Gasteiger partial charge in [0.25, 0.3) is 0 Å². The molecule has 1 aliphatic heterocycles. The zero-order valence-corrected chi connectivity index (χ0v) is 22.9. The lowest BCUT2D eigenvalue weighted by atomic mass is 9.67. The molecular formula is C41H26O.